The summed E-state index contributed by atoms with van der Waals surface area (Å²) in [5.74, 6) is 0.964. The van der Waals surface area contributed by atoms with Gasteiger partial charge in [0.1, 0.15) is 17.0 Å². The molecule has 0 aliphatic carbocycles. The molecule has 49 heavy (non-hydrogen) atoms. The first kappa shape index (κ1) is 27.6. The van der Waals surface area contributed by atoms with Gasteiger partial charge in [0.15, 0.2) is 0 Å². The Morgan fingerprint density at radius 1 is 0.449 bits per heavy atom. The molecule has 0 fully saturated rings. The number of fused-ring (bicyclic) bond motifs is 6. The molecule has 3 nitrogen and oxygen atoms in total. The van der Waals surface area contributed by atoms with Crippen molar-refractivity contribution in [3.63, 3.8) is 0 Å². The highest BCUT2D eigenvalue weighted by molar-refractivity contribution is 6.23. The van der Waals surface area contributed by atoms with E-state index >= 15 is 0 Å². The molecule has 0 amide bonds. The van der Waals surface area contributed by atoms with Crippen LogP contribution in [0.3, 0.4) is 0 Å². The van der Waals surface area contributed by atoms with Gasteiger partial charge in [0.2, 0.25) is 0 Å². The van der Waals surface area contributed by atoms with Gasteiger partial charge in [-0.05, 0) is 98.8 Å². The Morgan fingerprint density at radius 2 is 1.08 bits per heavy atom. The van der Waals surface area contributed by atoms with E-state index in [4.69, 9.17) is 9.40 Å². The predicted octanol–water partition coefficient (Wildman–Crippen LogP) is 12.5. The van der Waals surface area contributed by atoms with Crippen molar-refractivity contribution in [1.82, 2.24) is 9.55 Å². The number of para-hydroxylation sites is 4. The van der Waals surface area contributed by atoms with Crippen LogP contribution in [0.15, 0.2) is 168 Å². The van der Waals surface area contributed by atoms with E-state index in [-0.39, 0.29) is 0 Å². The smallest absolute Gasteiger partial charge is 0.135 e. The van der Waals surface area contributed by atoms with Crippen LogP contribution in [0.5, 0.6) is 0 Å². The normalized spacial score (nSPS) is 11.8. The van der Waals surface area contributed by atoms with E-state index in [1.54, 1.807) is 0 Å². The van der Waals surface area contributed by atoms with E-state index in [2.05, 4.69) is 163 Å². The summed E-state index contributed by atoms with van der Waals surface area (Å²) in [6.45, 7) is 2.10. The predicted molar refractivity (Wildman–Crippen MR) is 204 cm³/mol. The lowest BCUT2D eigenvalue weighted by molar-refractivity contribution is 0.669. The quantitative estimate of drug-likeness (QED) is 0.182. The van der Waals surface area contributed by atoms with Crippen LogP contribution in [-0.4, -0.2) is 9.55 Å². The SMILES string of the molecule is Cc1nc2ccccc2n1-c1ccccc1-c1c2ccccc2c(-c2ccc3oc4ccccc4c3c2)c2cc(-c3ccccc3)ccc12. The van der Waals surface area contributed by atoms with Gasteiger partial charge in [-0.3, -0.25) is 4.57 Å². The van der Waals surface area contributed by atoms with Crippen LogP contribution in [0.4, 0.5) is 0 Å². The molecule has 2 heterocycles. The molecule has 0 unspecified atom stereocenters. The highest BCUT2D eigenvalue weighted by Crippen LogP contribution is 2.47. The van der Waals surface area contributed by atoms with Gasteiger partial charge in [-0.1, -0.05) is 121 Å². The third-order valence-corrected chi connectivity index (χ3v) is 9.94. The molecule has 10 rings (SSSR count). The monoisotopic (exact) mass is 626 g/mol. The van der Waals surface area contributed by atoms with Crippen molar-refractivity contribution < 1.29 is 4.42 Å². The van der Waals surface area contributed by atoms with Gasteiger partial charge in [0.05, 0.1) is 16.7 Å². The van der Waals surface area contributed by atoms with Crippen molar-refractivity contribution in [2.45, 2.75) is 6.92 Å². The fraction of sp³-hybridized carbons (Fsp3) is 0.0217. The molecule has 0 saturated carbocycles. The molecule has 0 N–H and O–H groups in total. The molecule has 3 heteroatoms. The molecule has 0 bridgehead atoms. The molecule has 10 aromatic rings. The second kappa shape index (κ2) is 10.8. The number of furan rings is 1. The largest absolute Gasteiger partial charge is 0.456 e. The third-order valence-electron chi connectivity index (χ3n) is 9.94. The summed E-state index contributed by atoms with van der Waals surface area (Å²) in [7, 11) is 0. The van der Waals surface area contributed by atoms with Crippen LogP contribution in [0, 0.1) is 6.92 Å². The van der Waals surface area contributed by atoms with Crippen molar-refractivity contribution in [3.8, 4) is 39.1 Å². The van der Waals surface area contributed by atoms with E-state index in [0.29, 0.717) is 0 Å². The Hall–Kier alpha value is -6.45. The number of benzene rings is 8. The highest BCUT2D eigenvalue weighted by atomic mass is 16.3. The van der Waals surface area contributed by atoms with E-state index in [9.17, 15) is 0 Å². The summed E-state index contributed by atoms with van der Waals surface area (Å²) >= 11 is 0. The third kappa shape index (κ3) is 4.26. The Bertz CT molecular complexity index is 2890. The number of hydrogen-bond donors (Lipinski definition) is 0. The Kier molecular flexibility index (Phi) is 6.09. The van der Waals surface area contributed by atoms with Gasteiger partial charge in [0.25, 0.3) is 0 Å². The van der Waals surface area contributed by atoms with Crippen molar-refractivity contribution in [1.29, 1.82) is 0 Å². The lowest BCUT2D eigenvalue weighted by Gasteiger charge is -2.21. The van der Waals surface area contributed by atoms with E-state index < -0.39 is 0 Å². The van der Waals surface area contributed by atoms with Gasteiger partial charge in [-0.25, -0.2) is 4.98 Å². The second-order valence-corrected chi connectivity index (χ2v) is 12.7. The molecule has 8 aromatic carbocycles. The van der Waals surface area contributed by atoms with Crippen LogP contribution < -0.4 is 0 Å². The maximum absolute atomic E-state index is 6.25. The summed E-state index contributed by atoms with van der Waals surface area (Å²) < 4.78 is 8.55. The van der Waals surface area contributed by atoms with E-state index in [1.807, 2.05) is 12.1 Å². The number of hydrogen-bond acceptors (Lipinski definition) is 2. The minimum Gasteiger partial charge on any atom is -0.456 e. The molecule has 0 saturated heterocycles. The van der Waals surface area contributed by atoms with Crippen LogP contribution in [0.2, 0.25) is 0 Å². The lowest BCUT2D eigenvalue weighted by Crippen LogP contribution is -2.00. The van der Waals surface area contributed by atoms with Gasteiger partial charge < -0.3 is 4.42 Å². The van der Waals surface area contributed by atoms with Crippen LogP contribution in [-0.2, 0) is 0 Å². The number of imidazole rings is 1. The number of rotatable bonds is 4. The summed E-state index contributed by atoms with van der Waals surface area (Å²) in [4.78, 5) is 4.95. The zero-order chi connectivity index (χ0) is 32.5. The number of aryl methyl sites for hydroxylation is 1. The number of nitrogens with zero attached hydrogens (tertiary/aromatic N) is 2. The average molecular weight is 627 g/mol. The zero-order valence-electron chi connectivity index (χ0n) is 26.9. The molecule has 0 radical (unpaired) electrons. The molecular weight excluding hydrogens is 597 g/mol. The van der Waals surface area contributed by atoms with Crippen LogP contribution in [0.1, 0.15) is 5.82 Å². The lowest BCUT2D eigenvalue weighted by atomic mass is 9.84. The summed E-state index contributed by atoms with van der Waals surface area (Å²) in [6.07, 6.45) is 0. The molecule has 0 spiro atoms. The van der Waals surface area contributed by atoms with Crippen molar-refractivity contribution >= 4 is 54.5 Å². The summed E-state index contributed by atoms with van der Waals surface area (Å²) in [6, 6.07) is 58.6. The Morgan fingerprint density at radius 3 is 1.96 bits per heavy atom. The molecule has 0 aliphatic heterocycles. The highest BCUT2D eigenvalue weighted by Gasteiger charge is 2.21. The first-order valence-corrected chi connectivity index (χ1v) is 16.7. The second-order valence-electron chi connectivity index (χ2n) is 12.7. The zero-order valence-corrected chi connectivity index (χ0v) is 26.9. The first-order chi connectivity index (χ1) is 24.2. The fourth-order valence-corrected chi connectivity index (χ4v) is 7.80. The fourth-order valence-electron chi connectivity index (χ4n) is 7.80. The first-order valence-electron chi connectivity index (χ1n) is 16.7. The van der Waals surface area contributed by atoms with Gasteiger partial charge in [-0.2, -0.15) is 0 Å². The average Bonchev–Trinajstić information content (AvgIpc) is 3.70. The topological polar surface area (TPSA) is 31.0 Å². The minimum atomic E-state index is 0.900. The minimum absolute atomic E-state index is 0.900. The maximum Gasteiger partial charge on any atom is 0.135 e. The molecule has 0 atom stereocenters. The summed E-state index contributed by atoms with van der Waals surface area (Å²) in [5, 5.41) is 7.10. The number of aromatic nitrogens is 2. The van der Waals surface area contributed by atoms with Crippen molar-refractivity contribution in [3.05, 3.63) is 170 Å². The van der Waals surface area contributed by atoms with Gasteiger partial charge in [-0.15, -0.1) is 0 Å². The summed E-state index contributed by atoms with van der Waals surface area (Å²) in [5.41, 5.74) is 12.2. The van der Waals surface area contributed by atoms with Gasteiger partial charge >= 0.3 is 0 Å². The van der Waals surface area contributed by atoms with Crippen LogP contribution >= 0.6 is 0 Å². The Labute approximate surface area is 283 Å². The molecule has 2 aromatic heterocycles. The van der Waals surface area contributed by atoms with E-state index in [0.717, 1.165) is 44.5 Å². The molecule has 230 valence electrons. The maximum atomic E-state index is 6.25. The van der Waals surface area contributed by atoms with Crippen molar-refractivity contribution in [2.75, 3.05) is 0 Å². The van der Waals surface area contributed by atoms with Crippen molar-refractivity contribution in [2.24, 2.45) is 0 Å². The standard InChI is InChI=1S/C46H30N2O/c1-29-47-40-19-9-11-21-42(40)48(29)41-20-10-7-18-37(41)46-35-17-6-5-16-34(35)45(39-27-31(23-25-36(39)46)30-13-3-2-4-14-30)32-24-26-44-38(28-32)33-15-8-12-22-43(33)49-44/h2-28H,1H3. The van der Waals surface area contributed by atoms with Crippen LogP contribution in [0.25, 0.3) is 93.6 Å². The van der Waals surface area contributed by atoms with Gasteiger partial charge in [0, 0.05) is 16.3 Å². The molecule has 0 aliphatic rings. The molecular formula is C46H30N2O. The Balaban J connectivity index is 1.34. The van der Waals surface area contributed by atoms with E-state index in [1.165, 1.54) is 54.9 Å².